The molecule has 0 saturated heterocycles. The Bertz CT molecular complexity index is 69.1. The van der Waals surface area contributed by atoms with Crippen molar-refractivity contribution in [3.63, 3.8) is 0 Å². The van der Waals surface area contributed by atoms with E-state index in [1.165, 1.54) is 0 Å². The van der Waals surface area contributed by atoms with Gasteiger partial charge in [-0.3, -0.25) is 0 Å². The summed E-state index contributed by atoms with van der Waals surface area (Å²) in [6.07, 6.45) is 0. The molecule has 0 bridgehead atoms. The summed E-state index contributed by atoms with van der Waals surface area (Å²) in [5.74, 6) is 0. The minimum absolute atomic E-state index is 0. The van der Waals surface area contributed by atoms with Crippen molar-refractivity contribution in [2.24, 2.45) is 0 Å². The molecule has 0 amide bonds. The number of rotatable bonds is 0. The molecule has 9 heavy (non-hydrogen) atoms. The van der Waals surface area contributed by atoms with Crippen LogP contribution in [0.3, 0.4) is 0 Å². The van der Waals surface area contributed by atoms with E-state index in [-0.39, 0.29) is 45.0 Å². The second-order valence-electron chi connectivity index (χ2n) is 0.447. The van der Waals surface area contributed by atoms with Gasteiger partial charge in [0.2, 0.25) is 0 Å². The summed E-state index contributed by atoms with van der Waals surface area (Å²) < 4.78 is 0. The third-order valence-corrected chi connectivity index (χ3v) is 0. The average Bonchev–Trinajstić information content (AvgIpc) is 1.25. The summed E-state index contributed by atoms with van der Waals surface area (Å²) in [5, 5.41) is 29.5. The zero-order valence-corrected chi connectivity index (χ0v) is 9.86. The Morgan fingerprint density at radius 2 is 0.778 bits per heavy atom. The Labute approximate surface area is 85.1 Å². The van der Waals surface area contributed by atoms with E-state index in [1.807, 2.05) is 0 Å². The first-order chi connectivity index (χ1) is 3.46. The second kappa shape index (κ2) is 10.8. The first-order valence-electron chi connectivity index (χ1n) is 1.10. The van der Waals surface area contributed by atoms with Gasteiger partial charge in [-0.05, 0) is 0 Å². The van der Waals surface area contributed by atoms with Crippen molar-refractivity contribution in [2.75, 3.05) is 0 Å². The molecule has 0 aliphatic rings. The molecule has 0 saturated carbocycles. The summed E-state index contributed by atoms with van der Waals surface area (Å²) in [4.78, 5) is 16.5. The van der Waals surface area contributed by atoms with Crippen LogP contribution in [0.5, 0.6) is 0 Å². The van der Waals surface area contributed by atoms with Crippen LogP contribution in [0.2, 0.25) is 0 Å². The van der Waals surface area contributed by atoms with E-state index in [0.29, 0.717) is 0 Å². The van der Waals surface area contributed by atoms with E-state index in [4.69, 9.17) is 30.6 Å². The molecule has 8 nitrogen and oxygen atoms in total. The Balaban J connectivity index is -0.0000000720. The number of hydrogen-bond donors (Lipinski definition) is 0. The van der Waals surface area contributed by atoms with Gasteiger partial charge in [-0.15, -0.1) is 0 Å². The van der Waals surface area contributed by atoms with Crippen LogP contribution in [0.4, 0.5) is 0 Å². The SMILES string of the molecule is O=[N+]([O-])[O-].O=[N+]([O-])[O-].[Ra+2]. The van der Waals surface area contributed by atoms with Crippen molar-refractivity contribution in [3.05, 3.63) is 30.6 Å². The third kappa shape index (κ3) is 15400. The predicted octanol–water partition coefficient (Wildman–Crippen LogP) is -0.478. The van der Waals surface area contributed by atoms with Gasteiger partial charge in [0.25, 0.3) is 0 Å². The summed E-state index contributed by atoms with van der Waals surface area (Å²) in [6.45, 7) is 0. The van der Waals surface area contributed by atoms with Crippen LogP contribution >= 0.6 is 0 Å². The molecular formula is N2O6Ra. The average molecular weight is 350 g/mol. The summed E-state index contributed by atoms with van der Waals surface area (Å²) in [6, 6.07) is 0. The molecule has 0 N–H and O–H groups in total. The fourth-order valence-corrected chi connectivity index (χ4v) is 0. The normalized spacial score (nSPS) is 5.33. The fraction of sp³-hybridized carbons (Fsp3) is 0. The van der Waals surface area contributed by atoms with Gasteiger partial charge >= 0.3 is 45.0 Å². The molecule has 0 fully saturated rings. The van der Waals surface area contributed by atoms with Gasteiger partial charge in [0.15, 0.2) is 0 Å². The van der Waals surface area contributed by atoms with Gasteiger partial charge in [0.05, 0.1) is 10.2 Å². The monoisotopic (exact) mass is 350 g/mol. The maximum Gasteiger partial charge on any atom is 2.00 e. The van der Waals surface area contributed by atoms with E-state index in [2.05, 4.69) is 0 Å². The van der Waals surface area contributed by atoms with Gasteiger partial charge in [-0.1, -0.05) is 0 Å². The molecule has 0 spiro atoms. The Morgan fingerprint density at radius 1 is 0.778 bits per heavy atom. The minimum atomic E-state index is -1.75. The molecule has 0 atom stereocenters. The maximum absolute atomic E-state index is 8.25. The Hall–Kier alpha value is -0.132. The Morgan fingerprint density at radius 3 is 0.778 bits per heavy atom. The van der Waals surface area contributed by atoms with Crippen LogP contribution in [-0.4, -0.2) is 10.2 Å². The van der Waals surface area contributed by atoms with Crippen LogP contribution in [0.15, 0.2) is 0 Å². The van der Waals surface area contributed by atoms with Crippen LogP contribution in [0, 0.1) is 75.6 Å². The fourth-order valence-electron chi connectivity index (χ4n) is 0. The second-order valence-corrected chi connectivity index (χ2v) is 0.447. The molecular weight excluding hydrogens is 350 g/mol. The Kier molecular flexibility index (Phi) is 19.1. The van der Waals surface area contributed by atoms with Crippen LogP contribution in [-0.2, 0) is 0 Å². The van der Waals surface area contributed by atoms with Crippen molar-refractivity contribution in [1.82, 2.24) is 0 Å². The molecule has 0 aliphatic heterocycles. The summed E-state index contributed by atoms with van der Waals surface area (Å²) in [7, 11) is 0. The predicted molar refractivity (Wildman–Crippen MR) is 20.7 cm³/mol. The van der Waals surface area contributed by atoms with E-state index in [9.17, 15) is 0 Å². The van der Waals surface area contributed by atoms with Crippen molar-refractivity contribution >= 4 is 0 Å². The quantitative estimate of drug-likeness (QED) is 0.428. The summed E-state index contributed by atoms with van der Waals surface area (Å²) >= 11 is 0. The van der Waals surface area contributed by atoms with Crippen LogP contribution in [0.1, 0.15) is 0 Å². The molecule has 48 valence electrons. The molecule has 0 aliphatic carbocycles. The summed E-state index contributed by atoms with van der Waals surface area (Å²) in [5.41, 5.74) is 0. The minimum Gasteiger partial charge on any atom is -0.356 e. The number of hydrogen-bond acceptors (Lipinski definition) is 6. The van der Waals surface area contributed by atoms with Crippen molar-refractivity contribution in [2.45, 2.75) is 0 Å². The molecule has 0 rings (SSSR count). The van der Waals surface area contributed by atoms with Crippen molar-refractivity contribution < 1.29 is 55.2 Å². The van der Waals surface area contributed by atoms with Gasteiger partial charge in [0, 0.05) is 0 Å². The van der Waals surface area contributed by atoms with Crippen molar-refractivity contribution in [3.8, 4) is 0 Å². The first-order valence-corrected chi connectivity index (χ1v) is 1.10. The largest absolute Gasteiger partial charge is 2.00 e. The van der Waals surface area contributed by atoms with E-state index in [0.717, 1.165) is 0 Å². The molecule has 0 aromatic rings. The topological polar surface area (TPSA) is 132 Å². The molecule has 0 aromatic heterocycles. The molecule has 0 unspecified atom stereocenters. The molecule has 0 aromatic carbocycles. The first kappa shape index (κ1) is 15.9. The van der Waals surface area contributed by atoms with Gasteiger partial charge in [0.1, 0.15) is 0 Å². The van der Waals surface area contributed by atoms with Crippen molar-refractivity contribution in [1.29, 1.82) is 0 Å². The number of nitrogens with zero attached hydrogens (tertiary/aromatic N) is 2. The molecule has 0 heterocycles. The molecule has 9 heteroatoms. The van der Waals surface area contributed by atoms with Gasteiger partial charge in [-0.25, -0.2) is 0 Å². The van der Waals surface area contributed by atoms with Crippen LogP contribution in [0.25, 0.3) is 0 Å². The van der Waals surface area contributed by atoms with E-state index < -0.39 is 10.2 Å². The van der Waals surface area contributed by atoms with E-state index >= 15 is 0 Å². The van der Waals surface area contributed by atoms with Crippen LogP contribution < -0.4 is 0 Å². The van der Waals surface area contributed by atoms with Gasteiger partial charge in [-0.2, -0.15) is 0 Å². The van der Waals surface area contributed by atoms with E-state index in [1.54, 1.807) is 0 Å². The standard InChI is InChI=1S/2NO3.Ra/c2*2-1(3)4;/q2*-1;+2. The third-order valence-electron chi connectivity index (χ3n) is 0. The smallest absolute Gasteiger partial charge is 0.356 e. The zero-order chi connectivity index (χ0) is 7.15. The molecule has 0 radical (unpaired) electrons. The maximum atomic E-state index is 8.25. The van der Waals surface area contributed by atoms with Gasteiger partial charge < -0.3 is 30.6 Å². The zero-order valence-electron chi connectivity index (χ0n) is 4.05.